The molecule has 4 heteroatoms. The van der Waals surface area contributed by atoms with Gasteiger partial charge in [-0.25, -0.2) is 0 Å². The van der Waals surface area contributed by atoms with Gasteiger partial charge in [0.25, 0.3) is 0 Å². The van der Waals surface area contributed by atoms with Crippen LogP contribution in [0.4, 0.5) is 0 Å². The van der Waals surface area contributed by atoms with Crippen LogP contribution in [0.1, 0.15) is 19.4 Å². The molecule has 5 atom stereocenters. The average molecular weight is 275 g/mol. The molecule has 1 aliphatic heterocycles. The van der Waals surface area contributed by atoms with Crippen molar-refractivity contribution in [1.29, 1.82) is 0 Å². The first-order valence-corrected chi connectivity index (χ1v) is 6.84. The number of hydrogen-bond acceptors (Lipinski definition) is 4. The van der Waals surface area contributed by atoms with E-state index < -0.39 is 12.2 Å². The fourth-order valence-corrected chi connectivity index (χ4v) is 2.27. The third-order valence-electron chi connectivity index (χ3n) is 3.66. The molecule has 0 amide bonds. The Morgan fingerprint density at radius 3 is 2.75 bits per heavy atom. The molecule has 1 fully saturated rings. The van der Waals surface area contributed by atoms with Crippen molar-refractivity contribution in [2.45, 2.75) is 44.8 Å². The van der Waals surface area contributed by atoms with Crippen molar-refractivity contribution in [2.24, 2.45) is 5.92 Å². The maximum Gasteiger partial charge on any atom is 0.120 e. The van der Waals surface area contributed by atoms with E-state index >= 15 is 0 Å². The highest BCUT2D eigenvalue weighted by Gasteiger charge is 2.41. The van der Waals surface area contributed by atoms with E-state index in [1.165, 1.54) is 0 Å². The van der Waals surface area contributed by atoms with Gasteiger partial charge in [-0.3, -0.25) is 4.84 Å². The monoisotopic (exact) mass is 275 g/mol. The zero-order valence-electron chi connectivity index (χ0n) is 11.8. The Balaban J connectivity index is 1.87. The van der Waals surface area contributed by atoms with E-state index in [0.29, 0.717) is 6.61 Å². The van der Waals surface area contributed by atoms with Gasteiger partial charge in [-0.1, -0.05) is 30.3 Å². The lowest BCUT2D eigenvalue weighted by atomic mass is 9.95. The number of nitrogens with one attached hydrogen (secondary N) is 1. The molecular formula is C16H21NO3. The molecule has 1 heterocycles. The average Bonchev–Trinajstić information content (AvgIpc) is 2.87. The van der Waals surface area contributed by atoms with Gasteiger partial charge in [-0.05, 0) is 19.4 Å². The summed E-state index contributed by atoms with van der Waals surface area (Å²) in [7, 11) is 0. The van der Waals surface area contributed by atoms with E-state index in [1.807, 2.05) is 44.2 Å². The molecule has 1 saturated heterocycles. The van der Waals surface area contributed by atoms with Gasteiger partial charge in [0.1, 0.15) is 12.2 Å². The third-order valence-corrected chi connectivity index (χ3v) is 3.66. The summed E-state index contributed by atoms with van der Waals surface area (Å²) < 4.78 is 5.79. The number of benzene rings is 1. The van der Waals surface area contributed by atoms with Crippen LogP contribution in [0, 0.1) is 18.3 Å². The number of rotatable bonds is 5. The smallest absolute Gasteiger partial charge is 0.120 e. The predicted octanol–water partition coefficient (Wildman–Crippen LogP) is 1.49. The standard InChI is InChI=1S/C16H21NO3/c1-4-11(2)16-15(18)14(17-20-16)12(3)19-10-13-8-6-5-7-9-13/h1,5-9,11-12,14-18H,10H2,2-3H3/t11-,12-,14-,15-,16-/m1/s1. The van der Waals surface area contributed by atoms with E-state index in [-0.39, 0.29) is 18.1 Å². The topological polar surface area (TPSA) is 50.7 Å². The maximum absolute atomic E-state index is 10.3. The molecule has 4 nitrogen and oxygen atoms in total. The largest absolute Gasteiger partial charge is 0.388 e. The van der Waals surface area contributed by atoms with E-state index in [1.54, 1.807) is 0 Å². The van der Waals surface area contributed by atoms with Gasteiger partial charge in [0.05, 0.1) is 18.8 Å². The number of hydroxylamine groups is 1. The molecule has 0 spiro atoms. The number of hydrogen-bond donors (Lipinski definition) is 2. The molecule has 0 aliphatic carbocycles. The molecule has 1 aliphatic rings. The first kappa shape index (κ1) is 15.0. The van der Waals surface area contributed by atoms with Gasteiger partial charge in [0, 0.05) is 5.92 Å². The van der Waals surface area contributed by atoms with Gasteiger partial charge < -0.3 is 9.84 Å². The molecule has 0 radical (unpaired) electrons. The molecule has 0 bridgehead atoms. The number of terminal acetylenes is 1. The number of aliphatic hydroxyl groups excluding tert-OH is 1. The Kier molecular flexibility index (Phi) is 5.16. The van der Waals surface area contributed by atoms with Crippen LogP contribution >= 0.6 is 0 Å². The van der Waals surface area contributed by atoms with Crippen molar-refractivity contribution in [3.63, 3.8) is 0 Å². The van der Waals surface area contributed by atoms with Crippen LogP contribution in [0.5, 0.6) is 0 Å². The summed E-state index contributed by atoms with van der Waals surface area (Å²) in [6, 6.07) is 9.64. The molecule has 0 aromatic heterocycles. The summed E-state index contributed by atoms with van der Waals surface area (Å²) in [6.45, 7) is 4.27. The van der Waals surface area contributed by atoms with Gasteiger partial charge in [0.2, 0.25) is 0 Å². The minimum absolute atomic E-state index is 0.149. The summed E-state index contributed by atoms with van der Waals surface area (Å²) in [5, 5.41) is 10.3. The molecule has 0 saturated carbocycles. The quantitative estimate of drug-likeness (QED) is 0.800. The van der Waals surface area contributed by atoms with Crippen LogP contribution in [-0.2, 0) is 16.2 Å². The second-order valence-electron chi connectivity index (χ2n) is 5.17. The molecule has 2 rings (SSSR count). The van der Waals surface area contributed by atoms with Gasteiger partial charge >= 0.3 is 0 Å². The second kappa shape index (κ2) is 6.87. The summed E-state index contributed by atoms with van der Waals surface area (Å²) in [5.74, 6) is 2.44. The Morgan fingerprint density at radius 1 is 1.40 bits per heavy atom. The SMILES string of the molecule is C#C[C@@H](C)[C@H]1ON[C@H]([C@@H](C)OCc2ccccc2)[C@H]1O. The first-order chi connectivity index (χ1) is 9.63. The summed E-state index contributed by atoms with van der Waals surface area (Å²) in [6.07, 6.45) is 4.12. The van der Waals surface area contributed by atoms with Crippen molar-refractivity contribution in [3.8, 4) is 12.3 Å². The summed E-state index contributed by atoms with van der Waals surface area (Å²) in [5.41, 5.74) is 3.94. The van der Waals surface area contributed by atoms with Crippen molar-refractivity contribution in [2.75, 3.05) is 0 Å². The van der Waals surface area contributed by atoms with Crippen molar-refractivity contribution in [3.05, 3.63) is 35.9 Å². The lowest BCUT2D eigenvalue weighted by Gasteiger charge is -2.23. The summed E-state index contributed by atoms with van der Waals surface area (Å²) in [4.78, 5) is 5.38. The van der Waals surface area contributed by atoms with Crippen LogP contribution in [0.15, 0.2) is 30.3 Å². The molecule has 0 unspecified atom stereocenters. The first-order valence-electron chi connectivity index (χ1n) is 6.84. The molecule has 108 valence electrons. The normalized spacial score (nSPS) is 28.8. The molecule has 20 heavy (non-hydrogen) atoms. The van der Waals surface area contributed by atoms with Crippen LogP contribution < -0.4 is 5.48 Å². The van der Waals surface area contributed by atoms with Gasteiger partial charge in [0.15, 0.2) is 0 Å². The third kappa shape index (κ3) is 3.38. The zero-order chi connectivity index (χ0) is 14.5. The van der Waals surface area contributed by atoms with Crippen LogP contribution in [0.2, 0.25) is 0 Å². The Morgan fingerprint density at radius 2 is 2.10 bits per heavy atom. The van der Waals surface area contributed by atoms with E-state index in [4.69, 9.17) is 16.0 Å². The summed E-state index contributed by atoms with van der Waals surface area (Å²) >= 11 is 0. The minimum Gasteiger partial charge on any atom is -0.388 e. The van der Waals surface area contributed by atoms with Crippen LogP contribution in [-0.4, -0.2) is 29.5 Å². The van der Waals surface area contributed by atoms with E-state index in [2.05, 4.69) is 11.4 Å². The van der Waals surface area contributed by atoms with Crippen LogP contribution in [0.25, 0.3) is 0 Å². The fraction of sp³-hybridized carbons (Fsp3) is 0.500. The zero-order valence-corrected chi connectivity index (χ0v) is 11.8. The maximum atomic E-state index is 10.3. The van der Waals surface area contributed by atoms with Crippen molar-refractivity contribution in [1.82, 2.24) is 5.48 Å². The highest BCUT2D eigenvalue weighted by molar-refractivity contribution is 5.13. The second-order valence-corrected chi connectivity index (χ2v) is 5.17. The van der Waals surface area contributed by atoms with E-state index in [9.17, 15) is 5.11 Å². The Hall–Kier alpha value is -1.38. The van der Waals surface area contributed by atoms with Crippen molar-refractivity contribution >= 4 is 0 Å². The molecule has 1 aromatic rings. The van der Waals surface area contributed by atoms with Crippen LogP contribution in [0.3, 0.4) is 0 Å². The Labute approximate surface area is 120 Å². The van der Waals surface area contributed by atoms with E-state index in [0.717, 1.165) is 5.56 Å². The highest BCUT2D eigenvalue weighted by Crippen LogP contribution is 2.22. The van der Waals surface area contributed by atoms with Gasteiger partial charge in [-0.15, -0.1) is 12.3 Å². The van der Waals surface area contributed by atoms with Gasteiger partial charge in [-0.2, -0.15) is 5.48 Å². The number of aliphatic hydroxyl groups is 1. The number of ether oxygens (including phenoxy) is 1. The lowest BCUT2D eigenvalue weighted by molar-refractivity contribution is -0.0222. The predicted molar refractivity (Wildman–Crippen MR) is 76.5 cm³/mol. The highest BCUT2D eigenvalue weighted by atomic mass is 16.7. The molecule has 1 aromatic carbocycles. The molecular weight excluding hydrogens is 254 g/mol. The molecule has 2 N–H and O–H groups in total. The minimum atomic E-state index is -0.674. The Bertz CT molecular complexity index is 457. The lowest BCUT2D eigenvalue weighted by Crippen LogP contribution is -2.43. The van der Waals surface area contributed by atoms with Crippen molar-refractivity contribution < 1.29 is 14.7 Å². The fourth-order valence-electron chi connectivity index (χ4n) is 2.27.